The second-order valence-corrected chi connectivity index (χ2v) is 4.02. The van der Waals surface area contributed by atoms with Gasteiger partial charge in [0.1, 0.15) is 0 Å². The second-order valence-electron chi connectivity index (χ2n) is 3.75. The monoisotopic (exact) mass is 265 g/mol. The van der Waals surface area contributed by atoms with Crippen LogP contribution in [0.2, 0.25) is 0 Å². The summed E-state index contributed by atoms with van der Waals surface area (Å²) in [6.07, 6.45) is 0. The van der Waals surface area contributed by atoms with Crippen LogP contribution in [0.3, 0.4) is 0 Å². The lowest BCUT2D eigenvalue weighted by atomic mass is 10.1. The van der Waals surface area contributed by atoms with Gasteiger partial charge in [-0.25, -0.2) is 0 Å². The third-order valence-corrected chi connectivity index (χ3v) is 2.62. The zero-order valence-electron chi connectivity index (χ0n) is 9.81. The molecule has 5 nitrogen and oxygen atoms in total. The number of carbonyl (C=O) groups excluding carboxylic acids is 1. The highest BCUT2D eigenvalue weighted by Crippen LogP contribution is 2.08. The van der Waals surface area contributed by atoms with Gasteiger partial charge in [-0.1, -0.05) is 17.3 Å². The molecule has 1 aromatic heterocycles. The smallest absolute Gasteiger partial charge is 0.251 e. The number of alkyl halides is 1. The van der Waals surface area contributed by atoms with Crippen LogP contribution < -0.4 is 5.32 Å². The van der Waals surface area contributed by atoms with Gasteiger partial charge in [0.25, 0.3) is 5.91 Å². The highest BCUT2D eigenvalue weighted by Gasteiger charge is 2.08. The average molecular weight is 266 g/mol. The van der Waals surface area contributed by atoms with E-state index in [-0.39, 0.29) is 12.5 Å². The van der Waals surface area contributed by atoms with Gasteiger partial charge in [0.05, 0.1) is 6.54 Å². The summed E-state index contributed by atoms with van der Waals surface area (Å²) >= 11 is 5.71. The SMILES string of the molecule is Cc1noc(CNC(=O)c2cccc(CCl)c2)n1. The fourth-order valence-corrected chi connectivity index (χ4v) is 1.63. The molecule has 2 rings (SSSR count). The number of aryl methyl sites for hydroxylation is 1. The highest BCUT2D eigenvalue weighted by atomic mass is 35.5. The van der Waals surface area contributed by atoms with Gasteiger partial charge in [-0.05, 0) is 24.6 Å². The first-order valence-corrected chi connectivity index (χ1v) is 5.95. The van der Waals surface area contributed by atoms with Gasteiger partial charge >= 0.3 is 0 Å². The standard InChI is InChI=1S/C12H12ClN3O2/c1-8-15-11(18-16-8)7-14-12(17)10-4-2-3-9(5-10)6-13/h2-5H,6-7H2,1H3,(H,14,17). The molecule has 0 spiro atoms. The number of rotatable bonds is 4. The van der Waals surface area contributed by atoms with E-state index < -0.39 is 0 Å². The first-order chi connectivity index (χ1) is 8.69. The molecule has 0 unspecified atom stereocenters. The predicted octanol–water partition coefficient (Wildman–Crippen LogP) is 2.05. The van der Waals surface area contributed by atoms with Crippen molar-refractivity contribution in [1.82, 2.24) is 15.5 Å². The van der Waals surface area contributed by atoms with Crippen molar-refractivity contribution >= 4 is 17.5 Å². The van der Waals surface area contributed by atoms with Crippen LogP contribution >= 0.6 is 11.6 Å². The molecule has 94 valence electrons. The zero-order chi connectivity index (χ0) is 13.0. The van der Waals surface area contributed by atoms with Crippen molar-refractivity contribution in [1.29, 1.82) is 0 Å². The Morgan fingerprint density at radius 3 is 3.00 bits per heavy atom. The average Bonchev–Trinajstić information content (AvgIpc) is 2.82. The molecule has 1 aromatic carbocycles. The van der Waals surface area contributed by atoms with Crippen LogP contribution in [0.25, 0.3) is 0 Å². The molecule has 18 heavy (non-hydrogen) atoms. The van der Waals surface area contributed by atoms with E-state index in [1.807, 2.05) is 6.07 Å². The summed E-state index contributed by atoms with van der Waals surface area (Å²) in [4.78, 5) is 15.8. The van der Waals surface area contributed by atoms with Crippen molar-refractivity contribution in [2.45, 2.75) is 19.3 Å². The molecule has 2 aromatic rings. The molecule has 1 amide bonds. The number of hydrogen-bond acceptors (Lipinski definition) is 4. The summed E-state index contributed by atoms with van der Waals surface area (Å²) in [5.41, 5.74) is 1.46. The maximum absolute atomic E-state index is 11.8. The quantitative estimate of drug-likeness (QED) is 0.859. The Hall–Kier alpha value is -1.88. The molecule has 6 heteroatoms. The van der Waals surface area contributed by atoms with E-state index >= 15 is 0 Å². The maximum Gasteiger partial charge on any atom is 0.251 e. The molecule has 0 radical (unpaired) electrons. The molecular weight excluding hydrogens is 254 g/mol. The molecule has 0 atom stereocenters. The van der Waals surface area contributed by atoms with Crippen molar-refractivity contribution in [2.24, 2.45) is 0 Å². The van der Waals surface area contributed by atoms with Crippen molar-refractivity contribution in [3.63, 3.8) is 0 Å². The Labute approximate surface area is 109 Å². The molecule has 0 aliphatic heterocycles. The summed E-state index contributed by atoms with van der Waals surface area (Å²) in [5, 5.41) is 6.34. The van der Waals surface area contributed by atoms with Crippen molar-refractivity contribution in [2.75, 3.05) is 0 Å². The molecular formula is C12H12ClN3O2. The third kappa shape index (κ3) is 3.07. The van der Waals surface area contributed by atoms with E-state index in [1.54, 1.807) is 25.1 Å². The lowest BCUT2D eigenvalue weighted by molar-refractivity contribution is 0.0946. The van der Waals surface area contributed by atoms with Gasteiger partial charge in [-0.3, -0.25) is 4.79 Å². The van der Waals surface area contributed by atoms with Gasteiger partial charge < -0.3 is 9.84 Å². The van der Waals surface area contributed by atoms with Gasteiger partial charge in [-0.15, -0.1) is 11.6 Å². The van der Waals surface area contributed by atoms with E-state index in [1.165, 1.54) is 0 Å². The first kappa shape index (κ1) is 12.6. The van der Waals surface area contributed by atoms with Gasteiger partial charge in [0, 0.05) is 11.4 Å². The molecule has 1 heterocycles. The minimum Gasteiger partial charge on any atom is -0.343 e. The van der Waals surface area contributed by atoms with Gasteiger partial charge in [-0.2, -0.15) is 4.98 Å². The number of halogens is 1. The van der Waals surface area contributed by atoms with E-state index in [2.05, 4.69) is 15.5 Å². The summed E-state index contributed by atoms with van der Waals surface area (Å²) in [7, 11) is 0. The predicted molar refractivity (Wildman–Crippen MR) is 66.2 cm³/mol. The van der Waals surface area contributed by atoms with Crippen molar-refractivity contribution < 1.29 is 9.32 Å². The van der Waals surface area contributed by atoms with E-state index in [4.69, 9.17) is 16.1 Å². The molecule has 0 saturated heterocycles. The molecule has 0 bridgehead atoms. The topological polar surface area (TPSA) is 68.0 Å². The Morgan fingerprint density at radius 2 is 2.33 bits per heavy atom. The number of hydrogen-bond donors (Lipinski definition) is 1. The van der Waals surface area contributed by atoms with E-state index in [9.17, 15) is 4.79 Å². The molecule has 0 fully saturated rings. The third-order valence-electron chi connectivity index (χ3n) is 2.31. The first-order valence-electron chi connectivity index (χ1n) is 5.41. The van der Waals surface area contributed by atoms with Crippen molar-refractivity contribution in [3.05, 3.63) is 47.1 Å². The maximum atomic E-state index is 11.8. The number of aromatic nitrogens is 2. The molecule has 1 N–H and O–H groups in total. The largest absolute Gasteiger partial charge is 0.343 e. The Morgan fingerprint density at radius 1 is 1.50 bits per heavy atom. The van der Waals surface area contributed by atoms with Crippen LogP contribution in [-0.2, 0) is 12.4 Å². The van der Waals surface area contributed by atoms with Gasteiger partial charge in [0.2, 0.25) is 5.89 Å². The second kappa shape index (κ2) is 5.64. The minimum absolute atomic E-state index is 0.196. The van der Waals surface area contributed by atoms with Crippen LogP contribution in [0.15, 0.2) is 28.8 Å². The lowest BCUT2D eigenvalue weighted by Crippen LogP contribution is -2.23. The fourth-order valence-electron chi connectivity index (χ4n) is 1.47. The van der Waals surface area contributed by atoms with Crippen LogP contribution in [0, 0.1) is 6.92 Å². The molecule has 0 aliphatic rings. The Kier molecular flexibility index (Phi) is 3.94. The Balaban J connectivity index is 1.99. The summed E-state index contributed by atoms with van der Waals surface area (Å²) in [6.45, 7) is 1.93. The molecule has 0 aliphatic carbocycles. The molecule has 0 saturated carbocycles. The number of nitrogens with one attached hydrogen (secondary N) is 1. The van der Waals surface area contributed by atoms with E-state index in [0.717, 1.165) is 5.56 Å². The van der Waals surface area contributed by atoms with Crippen LogP contribution in [-0.4, -0.2) is 16.0 Å². The summed E-state index contributed by atoms with van der Waals surface area (Å²) in [6, 6.07) is 7.14. The van der Waals surface area contributed by atoms with Gasteiger partial charge in [0.15, 0.2) is 5.82 Å². The lowest BCUT2D eigenvalue weighted by Gasteiger charge is -2.03. The fraction of sp³-hybridized carbons (Fsp3) is 0.250. The number of nitrogens with zero attached hydrogens (tertiary/aromatic N) is 2. The highest BCUT2D eigenvalue weighted by molar-refractivity contribution is 6.17. The normalized spacial score (nSPS) is 10.3. The zero-order valence-corrected chi connectivity index (χ0v) is 10.6. The van der Waals surface area contributed by atoms with Crippen LogP contribution in [0.4, 0.5) is 0 Å². The minimum atomic E-state index is -0.196. The number of carbonyl (C=O) groups is 1. The number of benzene rings is 1. The van der Waals surface area contributed by atoms with E-state index in [0.29, 0.717) is 23.2 Å². The Bertz CT molecular complexity index is 554. The summed E-state index contributed by atoms with van der Waals surface area (Å²) < 4.78 is 4.90. The van der Waals surface area contributed by atoms with Crippen LogP contribution in [0.5, 0.6) is 0 Å². The van der Waals surface area contributed by atoms with Crippen LogP contribution in [0.1, 0.15) is 27.6 Å². The summed E-state index contributed by atoms with van der Waals surface area (Å²) in [5.74, 6) is 1.11. The van der Waals surface area contributed by atoms with Crippen molar-refractivity contribution in [3.8, 4) is 0 Å². The number of amides is 1.